The number of aryl methyl sites for hydroxylation is 1. The molecule has 0 aliphatic rings. The average Bonchev–Trinajstić information content (AvgIpc) is 2.63. The lowest BCUT2D eigenvalue weighted by Crippen LogP contribution is -2.45. The van der Waals surface area contributed by atoms with Gasteiger partial charge in [-0.2, -0.15) is 0 Å². The Labute approximate surface area is 159 Å². The van der Waals surface area contributed by atoms with Crippen LogP contribution in [0.15, 0.2) is 48.5 Å². The standard InChI is InChI=1S/C21H26N2O4/c1-15-7-5-6-8-18(15)27-14-20(25)23-22-19(24)13-26-17-11-9-16(10-12-17)21(2,3)4/h5-12H,13-14H2,1-4H3,(H,22,24)(H,23,25). The molecule has 0 fully saturated rings. The van der Waals surface area contributed by atoms with Gasteiger partial charge in [-0.05, 0) is 41.7 Å². The summed E-state index contributed by atoms with van der Waals surface area (Å²) in [6.07, 6.45) is 0. The van der Waals surface area contributed by atoms with Gasteiger partial charge in [-0.1, -0.05) is 51.1 Å². The summed E-state index contributed by atoms with van der Waals surface area (Å²) in [7, 11) is 0. The highest BCUT2D eigenvalue weighted by Crippen LogP contribution is 2.24. The number of ether oxygens (including phenoxy) is 2. The molecule has 0 radical (unpaired) electrons. The van der Waals surface area contributed by atoms with E-state index in [-0.39, 0.29) is 18.6 Å². The summed E-state index contributed by atoms with van der Waals surface area (Å²) in [5.41, 5.74) is 6.76. The fourth-order valence-electron chi connectivity index (χ4n) is 2.27. The largest absolute Gasteiger partial charge is 0.484 e. The first-order valence-electron chi connectivity index (χ1n) is 8.75. The molecule has 27 heavy (non-hydrogen) atoms. The monoisotopic (exact) mass is 370 g/mol. The molecular formula is C21H26N2O4. The summed E-state index contributed by atoms with van der Waals surface area (Å²) in [4.78, 5) is 23.5. The maximum Gasteiger partial charge on any atom is 0.276 e. The van der Waals surface area contributed by atoms with Crippen molar-refractivity contribution in [1.82, 2.24) is 10.9 Å². The van der Waals surface area contributed by atoms with Gasteiger partial charge in [-0.25, -0.2) is 0 Å². The molecule has 0 spiro atoms. The van der Waals surface area contributed by atoms with Crippen LogP contribution in [0.3, 0.4) is 0 Å². The summed E-state index contributed by atoms with van der Waals surface area (Å²) in [5, 5.41) is 0. The van der Waals surface area contributed by atoms with Gasteiger partial charge in [0.1, 0.15) is 11.5 Å². The molecule has 0 atom stereocenters. The van der Waals surface area contributed by atoms with Crippen LogP contribution in [-0.4, -0.2) is 25.0 Å². The van der Waals surface area contributed by atoms with Gasteiger partial charge in [0, 0.05) is 0 Å². The van der Waals surface area contributed by atoms with Crippen LogP contribution in [0.25, 0.3) is 0 Å². The van der Waals surface area contributed by atoms with Gasteiger partial charge in [-0.15, -0.1) is 0 Å². The summed E-state index contributed by atoms with van der Waals surface area (Å²) in [5.74, 6) is 0.300. The number of hydrogen-bond acceptors (Lipinski definition) is 4. The summed E-state index contributed by atoms with van der Waals surface area (Å²) >= 11 is 0. The van der Waals surface area contributed by atoms with E-state index in [0.717, 1.165) is 5.56 Å². The minimum Gasteiger partial charge on any atom is -0.484 e. The molecule has 0 heterocycles. The SMILES string of the molecule is Cc1ccccc1OCC(=O)NNC(=O)COc1ccc(C(C)(C)C)cc1. The molecule has 0 saturated heterocycles. The second-order valence-electron chi connectivity index (χ2n) is 7.21. The first-order chi connectivity index (χ1) is 12.8. The summed E-state index contributed by atoms with van der Waals surface area (Å²) < 4.78 is 10.8. The highest BCUT2D eigenvalue weighted by Gasteiger charge is 2.13. The van der Waals surface area contributed by atoms with Crippen molar-refractivity contribution in [2.75, 3.05) is 13.2 Å². The number of benzene rings is 2. The number of amides is 2. The van der Waals surface area contributed by atoms with E-state index in [4.69, 9.17) is 9.47 Å². The fourth-order valence-corrected chi connectivity index (χ4v) is 2.27. The second kappa shape index (κ2) is 9.07. The highest BCUT2D eigenvalue weighted by atomic mass is 16.5. The smallest absolute Gasteiger partial charge is 0.276 e. The van der Waals surface area contributed by atoms with Crippen molar-refractivity contribution in [3.05, 3.63) is 59.7 Å². The molecule has 2 N–H and O–H groups in total. The van der Waals surface area contributed by atoms with Crippen molar-refractivity contribution in [2.24, 2.45) is 0 Å². The zero-order chi connectivity index (χ0) is 19.9. The second-order valence-corrected chi connectivity index (χ2v) is 7.21. The van der Waals surface area contributed by atoms with Gasteiger partial charge in [0.05, 0.1) is 0 Å². The molecule has 2 rings (SSSR count). The molecule has 2 aromatic carbocycles. The van der Waals surface area contributed by atoms with Crippen molar-refractivity contribution in [3.63, 3.8) is 0 Å². The Kier molecular flexibility index (Phi) is 6.82. The van der Waals surface area contributed by atoms with Crippen LogP contribution < -0.4 is 20.3 Å². The zero-order valence-corrected chi connectivity index (χ0v) is 16.2. The molecule has 0 aliphatic heterocycles. The number of rotatable bonds is 6. The first-order valence-corrected chi connectivity index (χ1v) is 8.75. The van der Waals surface area contributed by atoms with Gasteiger partial charge in [-0.3, -0.25) is 20.4 Å². The van der Waals surface area contributed by atoms with E-state index in [0.29, 0.717) is 11.5 Å². The third-order valence-electron chi connectivity index (χ3n) is 3.88. The molecule has 0 aromatic heterocycles. The Hall–Kier alpha value is -3.02. The third-order valence-corrected chi connectivity index (χ3v) is 3.88. The lowest BCUT2D eigenvalue weighted by atomic mass is 9.87. The quantitative estimate of drug-likeness (QED) is 0.767. The van der Waals surface area contributed by atoms with Gasteiger partial charge in [0.15, 0.2) is 13.2 Å². The lowest BCUT2D eigenvalue weighted by molar-refractivity contribution is -0.131. The zero-order valence-electron chi connectivity index (χ0n) is 16.2. The average molecular weight is 370 g/mol. The van der Waals surface area contributed by atoms with Crippen LogP contribution in [0.2, 0.25) is 0 Å². The topological polar surface area (TPSA) is 76.7 Å². The van der Waals surface area contributed by atoms with E-state index in [9.17, 15) is 9.59 Å². The molecule has 2 amide bonds. The number of para-hydroxylation sites is 1. The van der Waals surface area contributed by atoms with E-state index in [1.54, 1.807) is 6.07 Å². The molecule has 6 heteroatoms. The predicted octanol–water partition coefficient (Wildman–Crippen LogP) is 2.90. The van der Waals surface area contributed by atoms with Gasteiger partial charge < -0.3 is 9.47 Å². The molecule has 2 aromatic rings. The lowest BCUT2D eigenvalue weighted by Gasteiger charge is -2.19. The van der Waals surface area contributed by atoms with Crippen LogP contribution >= 0.6 is 0 Å². The van der Waals surface area contributed by atoms with E-state index >= 15 is 0 Å². The number of carbonyl (C=O) groups is 2. The third kappa shape index (κ3) is 6.66. The number of hydrazine groups is 1. The number of hydrogen-bond donors (Lipinski definition) is 2. The van der Waals surface area contributed by atoms with Crippen molar-refractivity contribution >= 4 is 11.8 Å². The molecule has 0 bridgehead atoms. The fraction of sp³-hybridized carbons (Fsp3) is 0.333. The first kappa shape index (κ1) is 20.3. The molecular weight excluding hydrogens is 344 g/mol. The van der Waals surface area contributed by atoms with E-state index in [2.05, 4.69) is 31.6 Å². The van der Waals surface area contributed by atoms with Crippen LogP contribution in [0.1, 0.15) is 31.9 Å². The Morgan fingerprint density at radius 1 is 0.852 bits per heavy atom. The minimum atomic E-state index is -0.459. The minimum absolute atomic E-state index is 0.0561. The van der Waals surface area contributed by atoms with Crippen LogP contribution in [0.4, 0.5) is 0 Å². The highest BCUT2D eigenvalue weighted by molar-refractivity contribution is 5.83. The Balaban J connectivity index is 1.70. The van der Waals surface area contributed by atoms with Crippen molar-refractivity contribution < 1.29 is 19.1 Å². The summed E-state index contributed by atoms with van der Waals surface area (Å²) in [6.45, 7) is 7.87. The van der Waals surface area contributed by atoms with Crippen molar-refractivity contribution in [3.8, 4) is 11.5 Å². The van der Waals surface area contributed by atoms with Crippen molar-refractivity contribution in [1.29, 1.82) is 0 Å². The number of nitrogens with one attached hydrogen (secondary N) is 2. The Morgan fingerprint density at radius 2 is 1.41 bits per heavy atom. The molecule has 144 valence electrons. The summed E-state index contributed by atoms with van der Waals surface area (Å²) in [6, 6.07) is 15.0. The maximum atomic E-state index is 11.8. The van der Waals surface area contributed by atoms with Crippen LogP contribution in [0.5, 0.6) is 11.5 Å². The molecule has 6 nitrogen and oxygen atoms in total. The number of carbonyl (C=O) groups excluding carboxylic acids is 2. The predicted molar refractivity (Wildman–Crippen MR) is 104 cm³/mol. The van der Waals surface area contributed by atoms with Crippen LogP contribution in [-0.2, 0) is 15.0 Å². The Morgan fingerprint density at radius 3 is 1.96 bits per heavy atom. The molecule has 0 saturated carbocycles. The molecule has 0 unspecified atom stereocenters. The van der Waals surface area contributed by atoms with Crippen molar-refractivity contribution in [2.45, 2.75) is 33.1 Å². The van der Waals surface area contributed by atoms with E-state index < -0.39 is 11.8 Å². The van der Waals surface area contributed by atoms with Gasteiger partial charge >= 0.3 is 0 Å². The Bertz CT molecular complexity index is 780. The van der Waals surface area contributed by atoms with Gasteiger partial charge in [0.25, 0.3) is 11.8 Å². The molecule has 0 aliphatic carbocycles. The normalized spacial score (nSPS) is 10.8. The maximum absolute atomic E-state index is 11.8. The van der Waals surface area contributed by atoms with Gasteiger partial charge in [0.2, 0.25) is 0 Å². The van der Waals surface area contributed by atoms with Crippen LogP contribution in [0, 0.1) is 6.92 Å². The van der Waals surface area contributed by atoms with E-state index in [1.807, 2.05) is 49.4 Å². The van der Waals surface area contributed by atoms with E-state index in [1.165, 1.54) is 5.56 Å².